The Morgan fingerprint density at radius 3 is 2.94 bits per heavy atom. The molecule has 0 bridgehead atoms. The Labute approximate surface area is 111 Å². The fourth-order valence-electron chi connectivity index (χ4n) is 3.39. The molecule has 0 radical (unpaired) electrons. The Balaban J connectivity index is 1.80. The van der Waals surface area contributed by atoms with Gasteiger partial charge in [-0.15, -0.1) is 0 Å². The maximum absolute atomic E-state index is 13.8. The van der Waals surface area contributed by atoms with Gasteiger partial charge in [-0.2, -0.15) is 0 Å². The third kappa shape index (κ3) is 1.72. The zero-order chi connectivity index (χ0) is 12.9. The molecule has 0 amide bonds. The predicted octanol–water partition coefficient (Wildman–Crippen LogP) is 3.70. The molecule has 1 aliphatic heterocycles. The number of rotatable bonds is 2. The summed E-state index contributed by atoms with van der Waals surface area (Å²) in [4.78, 5) is 0. The van der Waals surface area contributed by atoms with E-state index in [-0.39, 0.29) is 17.3 Å². The van der Waals surface area contributed by atoms with Gasteiger partial charge < -0.3 is 10.1 Å². The number of nitrogens with one attached hydrogen (secondary N) is 1. The molecule has 1 aliphatic carbocycles. The lowest BCUT2D eigenvalue weighted by Gasteiger charge is -2.55. The van der Waals surface area contributed by atoms with Crippen LogP contribution in [-0.4, -0.2) is 18.8 Å². The summed E-state index contributed by atoms with van der Waals surface area (Å²) in [5.41, 5.74) is 0.579. The highest BCUT2D eigenvalue weighted by Crippen LogP contribution is 2.53. The average Bonchev–Trinajstić information content (AvgIpc) is 2.74. The summed E-state index contributed by atoms with van der Waals surface area (Å²) in [6.45, 7) is 5.16. The second-order valence-electron chi connectivity index (χ2n) is 5.81. The fourth-order valence-corrected chi connectivity index (χ4v) is 3.55. The van der Waals surface area contributed by atoms with Gasteiger partial charge in [-0.25, -0.2) is 4.39 Å². The van der Waals surface area contributed by atoms with E-state index in [0.29, 0.717) is 22.7 Å². The Hall–Kier alpha value is -0.800. The smallest absolute Gasteiger partial charge is 0.147 e. The Morgan fingerprint density at radius 1 is 1.44 bits per heavy atom. The quantitative estimate of drug-likeness (QED) is 0.884. The lowest BCUT2D eigenvalue weighted by atomic mass is 9.57. The monoisotopic (exact) mass is 269 g/mol. The molecule has 1 N–H and O–H groups in total. The van der Waals surface area contributed by atoms with Gasteiger partial charge in [-0.05, 0) is 24.6 Å². The zero-order valence-corrected chi connectivity index (χ0v) is 11.3. The zero-order valence-electron chi connectivity index (χ0n) is 10.5. The third-order valence-electron chi connectivity index (χ3n) is 4.34. The van der Waals surface area contributed by atoms with Crippen molar-refractivity contribution in [1.29, 1.82) is 0 Å². The summed E-state index contributed by atoms with van der Waals surface area (Å²) in [5.74, 6) is 0.204. The molecule has 0 spiro atoms. The summed E-state index contributed by atoms with van der Waals surface area (Å²) in [7, 11) is 0. The number of hydrogen-bond donors (Lipinski definition) is 1. The number of hydrogen-bond acceptors (Lipinski definition) is 2. The minimum absolute atomic E-state index is 0.0489. The van der Waals surface area contributed by atoms with Crippen molar-refractivity contribution in [3.8, 4) is 0 Å². The number of benzene rings is 1. The number of anilines is 1. The van der Waals surface area contributed by atoms with E-state index in [1.807, 2.05) is 0 Å². The largest absolute Gasteiger partial charge is 0.379 e. The highest BCUT2D eigenvalue weighted by Gasteiger charge is 2.59. The molecule has 2 fully saturated rings. The van der Waals surface area contributed by atoms with Crippen LogP contribution in [0, 0.1) is 17.2 Å². The van der Waals surface area contributed by atoms with Gasteiger partial charge in [0.05, 0.1) is 11.8 Å². The highest BCUT2D eigenvalue weighted by molar-refractivity contribution is 6.30. The van der Waals surface area contributed by atoms with E-state index in [2.05, 4.69) is 19.2 Å². The second kappa shape index (κ2) is 4.10. The minimum Gasteiger partial charge on any atom is -0.379 e. The fraction of sp³-hybridized carbons (Fsp3) is 0.571. The van der Waals surface area contributed by atoms with Gasteiger partial charge in [-0.3, -0.25) is 0 Å². The summed E-state index contributed by atoms with van der Waals surface area (Å²) >= 11 is 5.76. The van der Waals surface area contributed by atoms with Crippen LogP contribution < -0.4 is 5.32 Å². The summed E-state index contributed by atoms with van der Waals surface area (Å²) < 4.78 is 19.5. The molecule has 1 heterocycles. The molecule has 1 aromatic rings. The molecular formula is C14H17ClFNO. The molecule has 0 aromatic heterocycles. The van der Waals surface area contributed by atoms with Gasteiger partial charge in [-0.1, -0.05) is 25.4 Å². The SMILES string of the molecule is CC1(C)C(Nc2ccc(Cl)cc2F)C2CCOC21. The molecule has 1 saturated heterocycles. The number of halogens is 2. The van der Waals surface area contributed by atoms with E-state index < -0.39 is 0 Å². The van der Waals surface area contributed by atoms with Crippen molar-refractivity contribution in [2.24, 2.45) is 11.3 Å². The van der Waals surface area contributed by atoms with Gasteiger partial charge in [0.1, 0.15) is 5.82 Å². The van der Waals surface area contributed by atoms with Gasteiger partial charge >= 0.3 is 0 Å². The van der Waals surface area contributed by atoms with Gasteiger partial charge in [0.25, 0.3) is 0 Å². The molecule has 3 atom stereocenters. The molecule has 2 aliphatic rings. The van der Waals surface area contributed by atoms with Crippen molar-refractivity contribution in [1.82, 2.24) is 0 Å². The molecule has 3 unspecified atom stereocenters. The molecule has 1 aromatic carbocycles. The first-order valence-electron chi connectivity index (χ1n) is 6.33. The first-order chi connectivity index (χ1) is 8.50. The first-order valence-corrected chi connectivity index (χ1v) is 6.71. The minimum atomic E-state index is -0.291. The van der Waals surface area contributed by atoms with Crippen LogP contribution in [0.3, 0.4) is 0 Å². The van der Waals surface area contributed by atoms with Gasteiger partial charge in [0.2, 0.25) is 0 Å². The van der Waals surface area contributed by atoms with Crippen LogP contribution in [0.4, 0.5) is 10.1 Å². The van der Waals surface area contributed by atoms with E-state index in [4.69, 9.17) is 16.3 Å². The first kappa shape index (κ1) is 12.2. The molecule has 2 nitrogen and oxygen atoms in total. The van der Waals surface area contributed by atoms with Crippen molar-refractivity contribution < 1.29 is 9.13 Å². The van der Waals surface area contributed by atoms with Gasteiger partial charge in [0, 0.05) is 29.0 Å². The average molecular weight is 270 g/mol. The lowest BCUT2D eigenvalue weighted by Crippen LogP contribution is -2.63. The topological polar surface area (TPSA) is 21.3 Å². The molecule has 18 heavy (non-hydrogen) atoms. The van der Waals surface area contributed by atoms with E-state index in [9.17, 15) is 4.39 Å². The highest BCUT2D eigenvalue weighted by atomic mass is 35.5. The second-order valence-corrected chi connectivity index (χ2v) is 6.25. The maximum atomic E-state index is 13.8. The Kier molecular flexibility index (Phi) is 2.79. The van der Waals surface area contributed by atoms with E-state index in [0.717, 1.165) is 13.0 Å². The lowest BCUT2D eigenvalue weighted by molar-refractivity contribution is -0.0923. The number of fused-ring (bicyclic) bond motifs is 1. The summed E-state index contributed by atoms with van der Waals surface area (Å²) in [6, 6.07) is 5.02. The van der Waals surface area contributed by atoms with E-state index in [1.165, 1.54) is 6.07 Å². The van der Waals surface area contributed by atoms with Crippen molar-refractivity contribution in [2.45, 2.75) is 32.4 Å². The normalized spacial score (nSPS) is 32.8. The molecule has 98 valence electrons. The van der Waals surface area contributed by atoms with Crippen LogP contribution in [0.15, 0.2) is 18.2 Å². The third-order valence-corrected chi connectivity index (χ3v) is 4.58. The van der Waals surface area contributed by atoms with Crippen LogP contribution in [0.5, 0.6) is 0 Å². The Morgan fingerprint density at radius 2 is 2.22 bits per heavy atom. The summed E-state index contributed by atoms with van der Waals surface area (Å²) in [5, 5.41) is 3.75. The van der Waals surface area contributed by atoms with Crippen molar-refractivity contribution in [2.75, 3.05) is 11.9 Å². The number of ether oxygens (including phenoxy) is 1. The molecule has 4 heteroatoms. The summed E-state index contributed by atoms with van der Waals surface area (Å²) in [6.07, 6.45) is 1.37. The molecule has 1 saturated carbocycles. The van der Waals surface area contributed by atoms with Crippen LogP contribution >= 0.6 is 11.6 Å². The van der Waals surface area contributed by atoms with E-state index in [1.54, 1.807) is 12.1 Å². The van der Waals surface area contributed by atoms with Crippen LogP contribution in [0.2, 0.25) is 5.02 Å². The maximum Gasteiger partial charge on any atom is 0.147 e. The van der Waals surface area contributed by atoms with Gasteiger partial charge in [0.15, 0.2) is 0 Å². The van der Waals surface area contributed by atoms with Crippen LogP contribution in [-0.2, 0) is 4.74 Å². The van der Waals surface area contributed by atoms with Crippen molar-refractivity contribution in [3.05, 3.63) is 29.0 Å². The Bertz CT molecular complexity index is 477. The van der Waals surface area contributed by atoms with Crippen LogP contribution in [0.25, 0.3) is 0 Å². The molecular weight excluding hydrogens is 253 g/mol. The van der Waals surface area contributed by atoms with Crippen LogP contribution in [0.1, 0.15) is 20.3 Å². The van der Waals surface area contributed by atoms with Crippen molar-refractivity contribution in [3.63, 3.8) is 0 Å². The predicted molar refractivity (Wildman–Crippen MR) is 70.4 cm³/mol. The molecule has 3 rings (SSSR count). The van der Waals surface area contributed by atoms with Crippen molar-refractivity contribution >= 4 is 17.3 Å². The standard InChI is InChI=1S/C14H17ClFNO/c1-14(2)12(9-5-6-18-13(9)14)17-11-4-3-8(15)7-10(11)16/h3-4,7,9,12-13,17H,5-6H2,1-2H3. The van der Waals surface area contributed by atoms with E-state index >= 15 is 0 Å².